The van der Waals surface area contributed by atoms with Gasteiger partial charge >= 0.3 is 0 Å². The molecule has 0 saturated carbocycles. The molecule has 21 heavy (non-hydrogen) atoms. The molecule has 1 aliphatic carbocycles. The van der Waals surface area contributed by atoms with Gasteiger partial charge < -0.3 is 14.6 Å². The Labute approximate surface area is 126 Å². The molecule has 0 amide bonds. The molecule has 1 unspecified atom stereocenters. The summed E-state index contributed by atoms with van der Waals surface area (Å²) in [4.78, 5) is 0. The number of benzene rings is 1. The minimum atomic E-state index is 0.537. The first-order valence-electron chi connectivity index (χ1n) is 7.96. The molecular weight excluding hydrogens is 260 g/mol. The van der Waals surface area contributed by atoms with Crippen molar-refractivity contribution in [3.05, 3.63) is 53.9 Å². The van der Waals surface area contributed by atoms with Gasteiger partial charge in [-0.25, -0.2) is 0 Å². The first kappa shape index (κ1) is 14.2. The fourth-order valence-electron chi connectivity index (χ4n) is 3.12. The van der Waals surface area contributed by atoms with Crippen molar-refractivity contribution < 1.29 is 4.74 Å². The smallest absolute Gasteiger partial charge is 0.119 e. The summed E-state index contributed by atoms with van der Waals surface area (Å²) >= 11 is 0. The van der Waals surface area contributed by atoms with Crippen molar-refractivity contribution >= 4 is 0 Å². The number of nitrogens with zero attached hydrogens (tertiary/aromatic N) is 1. The molecule has 3 nitrogen and oxygen atoms in total. The van der Waals surface area contributed by atoms with Gasteiger partial charge in [-0.1, -0.05) is 25.1 Å². The van der Waals surface area contributed by atoms with Crippen LogP contribution in [0, 0.1) is 0 Å². The normalized spacial score (nSPS) is 17.5. The molecule has 0 bridgehead atoms. The van der Waals surface area contributed by atoms with Gasteiger partial charge in [0.25, 0.3) is 0 Å². The summed E-state index contributed by atoms with van der Waals surface area (Å²) < 4.78 is 8.06. The van der Waals surface area contributed by atoms with Crippen molar-refractivity contribution in [1.29, 1.82) is 0 Å². The van der Waals surface area contributed by atoms with Gasteiger partial charge in [0.05, 0.1) is 6.54 Å². The van der Waals surface area contributed by atoms with E-state index in [2.05, 4.69) is 29.2 Å². The van der Waals surface area contributed by atoms with Gasteiger partial charge in [0.15, 0.2) is 0 Å². The maximum Gasteiger partial charge on any atom is 0.119 e. The Morgan fingerprint density at radius 1 is 1.24 bits per heavy atom. The van der Waals surface area contributed by atoms with Crippen LogP contribution in [0.25, 0.3) is 0 Å². The Bertz CT molecular complexity index is 562. The van der Waals surface area contributed by atoms with Crippen molar-refractivity contribution in [2.45, 2.75) is 38.8 Å². The molecule has 1 atom stereocenters. The first-order chi connectivity index (χ1) is 10.4. The van der Waals surface area contributed by atoms with Crippen LogP contribution in [-0.4, -0.2) is 17.7 Å². The van der Waals surface area contributed by atoms with Crippen molar-refractivity contribution in [3.63, 3.8) is 0 Å². The molecule has 2 aromatic rings. The Hall–Kier alpha value is -1.74. The van der Waals surface area contributed by atoms with E-state index in [1.54, 1.807) is 0 Å². The summed E-state index contributed by atoms with van der Waals surface area (Å²) in [6.07, 6.45) is 8.35. The highest BCUT2D eigenvalue weighted by Crippen LogP contribution is 2.30. The van der Waals surface area contributed by atoms with Crippen LogP contribution in [0.5, 0.6) is 5.75 Å². The molecule has 0 aliphatic heterocycles. The number of aromatic nitrogens is 1. The predicted molar refractivity (Wildman–Crippen MR) is 85.7 cm³/mol. The van der Waals surface area contributed by atoms with Gasteiger partial charge in [0.2, 0.25) is 0 Å². The van der Waals surface area contributed by atoms with Gasteiger partial charge in [-0.3, -0.25) is 0 Å². The zero-order chi connectivity index (χ0) is 14.5. The number of ether oxygens (including phenoxy) is 1. The fourth-order valence-corrected chi connectivity index (χ4v) is 3.12. The Morgan fingerprint density at radius 2 is 2.10 bits per heavy atom. The topological polar surface area (TPSA) is 26.2 Å². The van der Waals surface area contributed by atoms with E-state index in [0.717, 1.165) is 18.8 Å². The van der Waals surface area contributed by atoms with Crippen LogP contribution in [0.15, 0.2) is 42.7 Å². The van der Waals surface area contributed by atoms with E-state index in [-0.39, 0.29) is 0 Å². The van der Waals surface area contributed by atoms with Gasteiger partial charge in [0, 0.05) is 18.4 Å². The second-order valence-corrected chi connectivity index (χ2v) is 5.64. The average molecular weight is 284 g/mol. The monoisotopic (exact) mass is 284 g/mol. The molecule has 0 saturated heterocycles. The standard InChI is InChI=1S/C18H24N2O/c1-2-19-18-10-6-7-15-13-20(14-17(15)18)11-12-21-16-8-4-3-5-9-16/h3-5,8-9,13-14,18-19H,2,6-7,10-12H2,1H3. The average Bonchev–Trinajstić information content (AvgIpc) is 2.93. The quantitative estimate of drug-likeness (QED) is 0.878. The molecular formula is C18H24N2O. The summed E-state index contributed by atoms with van der Waals surface area (Å²) in [5.41, 5.74) is 3.00. The lowest BCUT2D eigenvalue weighted by Gasteiger charge is -2.22. The highest BCUT2D eigenvalue weighted by atomic mass is 16.5. The summed E-state index contributed by atoms with van der Waals surface area (Å²) in [5.74, 6) is 0.944. The van der Waals surface area contributed by atoms with Gasteiger partial charge in [-0.05, 0) is 49.1 Å². The molecule has 1 N–H and O–H groups in total. The second kappa shape index (κ2) is 6.81. The van der Waals surface area contributed by atoms with Crippen LogP contribution >= 0.6 is 0 Å². The zero-order valence-electron chi connectivity index (χ0n) is 12.7. The lowest BCUT2D eigenvalue weighted by atomic mass is 9.91. The SMILES string of the molecule is CCNC1CCCc2cn(CCOc3ccccc3)cc21. The van der Waals surface area contributed by atoms with E-state index in [0.29, 0.717) is 12.6 Å². The summed E-state index contributed by atoms with van der Waals surface area (Å²) in [6.45, 7) is 4.83. The first-order valence-corrected chi connectivity index (χ1v) is 7.96. The van der Waals surface area contributed by atoms with Gasteiger partial charge in [0.1, 0.15) is 12.4 Å². The van der Waals surface area contributed by atoms with Crippen LogP contribution in [0.3, 0.4) is 0 Å². The molecule has 1 heterocycles. The maximum absolute atomic E-state index is 5.78. The minimum Gasteiger partial charge on any atom is -0.492 e. The van der Waals surface area contributed by atoms with E-state index in [9.17, 15) is 0 Å². The summed E-state index contributed by atoms with van der Waals surface area (Å²) in [6, 6.07) is 10.6. The summed E-state index contributed by atoms with van der Waals surface area (Å²) in [5, 5.41) is 3.59. The number of para-hydroxylation sites is 1. The highest BCUT2D eigenvalue weighted by molar-refractivity contribution is 5.30. The summed E-state index contributed by atoms with van der Waals surface area (Å²) in [7, 11) is 0. The molecule has 3 rings (SSSR count). The third-order valence-electron chi connectivity index (χ3n) is 4.12. The number of hydrogen-bond donors (Lipinski definition) is 1. The lowest BCUT2D eigenvalue weighted by molar-refractivity contribution is 0.298. The number of nitrogens with one attached hydrogen (secondary N) is 1. The third kappa shape index (κ3) is 3.48. The van der Waals surface area contributed by atoms with Crippen LogP contribution in [0.4, 0.5) is 0 Å². The van der Waals surface area contributed by atoms with Crippen molar-refractivity contribution in [2.24, 2.45) is 0 Å². The lowest BCUT2D eigenvalue weighted by Crippen LogP contribution is -2.23. The van der Waals surface area contributed by atoms with Crippen LogP contribution < -0.4 is 10.1 Å². The van der Waals surface area contributed by atoms with Gasteiger partial charge in [-0.2, -0.15) is 0 Å². The van der Waals surface area contributed by atoms with Crippen LogP contribution in [-0.2, 0) is 13.0 Å². The van der Waals surface area contributed by atoms with E-state index >= 15 is 0 Å². The maximum atomic E-state index is 5.78. The van der Waals surface area contributed by atoms with Crippen molar-refractivity contribution in [1.82, 2.24) is 9.88 Å². The van der Waals surface area contributed by atoms with E-state index < -0.39 is 0 Å². The Balaban J connectivity index is 1.59. The molecule has 3 heteroatoms. The number of aryl methyl sites for hydroxylation is 1. The molecule has 1 aromatic carbocycles. The largest absolute Gasteiger partial charge is 0.492 e. The number of rotatable bonds is 6. The molecule has 0 radical (unpaired) electrons. The van der Waals surface area contributed by atoms with E-state index in [1.807, 2.05) is 30.3 Å². The highest BCUT2D eigenvalue weighted by Gasteiger charge is 2.20. The van der Waals surface area contributed by atoms with Crippen LogP contribution in [0.1, 0.15) is 36.9 Å². The molecule has 1 aliphatic rings. The molecule has 1 aromatic heterocycles. The second-order valence-electron chi connectivity index (χ2n) is 5.64. The number of hydrogen-bond acceptors (Lipinski definition) is 2. The Kier molecular flexibility index (Phi) is 4.61. The van der Waals surface area contributed by atoms with Gasteiger partial charge in [-0.15, -0.1) is 0 Å². The third-order valence-corrected chi connectivity index (χ3v) is 4.12. The van der Waals surface area contributed by atoms with E-state index in [1.165, 1.54) is 30.4 Å². The van der Waals surface area contributed by atoms with E-state index in [4.69, 9.17) is 4.74 Å². The molecule has 0 fully saturated rings. The molecule has 112 valence electrons. The fraction of sp³-hybridized carbons (Fsp3) is 0.444. The van der Waals surface area contributed by atoms with Crippen LogP contribution in [0.2, 0.25) is 0 Å². The minimum absolute atomic E-state index is 0.537. The number of fused-ring (bicyclic) bond motifs is 1. The van der Waals surface area contributed by atoms with Crippen molar-refractivity contribution in [3.8, 4) is 5.75 Å². The predicted octanol–water partition coefficient (Wildman–Crippen LogP) is 3.55. The molecule has 0 spiro atoms. The van der Waals surface area contributed by atoms with Crippen molar-refractivity contribution in [2.75, 3.05) is 13.2 Å². The Morgan fingerprint density at radius 3 is 2.90 bits per heavy atom. The zero-order valence-corrected chi connectivity index (χ0v) is 12.7.